The number of hydrazine groups is 1. The van der Waals surface area contributed by atoms with Gasteiger partial charge in [-0.25, -0.2) is 0 Å². The van der Waals surface area contributed by atoms with Crippen LogP contribution in [-0.2, 0) is 16.0 Å². The Balaban J connectivity index is 1.87. The van der Waals surface area contributed by atoms with Gasteiger partial charge >= 0.3 is 0 Å². The number of benzene rings is 1. The van der Waals surface area contributed by atoms with Gasteiger partial charge in [0.1, 0.15) is 0 Å². The SMILES string of the molecule is C=CC(=O)Nc1cccc(CC(=O)NNC(=O)c2cccs2)c1. The number of thiophene rings is 1. The molecule has 0 saturated heterocycles. The lowest BCUT2D eigenvalue weighted by Crippen LogP contribution is -2.42. The Kier molecular flexibility index (Phi) is 5.65. The molecule has 0 unspecified atom stereocenters. The van der Waals surface area contributed by atoms with E-state index in [-0.39, 0.29) is 24.1 Å². The van der Waals surface area contributed by atoms with Gasteiger partial charge in [0.25, 0.3) is 5.91 Å². The largest absolute Gasteiger partial charge is 0.323 e. The molecule has 0 aliphatic heterocycles. The Morgan fingerprint density at radius 1 is 1.13 bits per heavy atom. The Morgan fingerprint density at radius 2 is 1.96 bits per heavy atom. The zero-order valence-corrected chi connectivity index (χ0v) is 13.0. The number of anilines is 1. The summed E-state index contributed by atoms with van der Waals surface area (Å²) in [7, 11) is 0. The van der Waals surface area contributed by atoms with Crippen LogP contribution in [0.3, 0.4) is 0 Å². The standard InChI is InChI=1S/C16H15N3O3S/c1-2-14(20)17-12-6-3-5-11(9-12)10-15(21)18-19-16(22)13-7-4-8-23-13/h2-9H,1,10H2,(H,17,20)(H,18,21)(H,19,22). The van der Waals surface area contributed by atoms with Crippen LogP contribution in [0.2, 0.25) is 0 Å². The van der Waals surface area contributed by atoms with Crippen molar-refractivity contribution in [2.24, 2.45) is 0 Å². The molecule has 7 heteroatoms. The van der Waals surface area contributed by atoms with Gasteiger partial charge in [-0.3, -0.25) is 25.2 Å². The lowest BCUT2D eigenvalue weighted by Gasteiger charge is -2.08. The first kappa shape index (κ1) is 16.4. The van der Waals surface area contributed by atoms with Crippen LogP contribution in [0.1, 0.15) is 15.2 Å². The van der Waals surface area contributed by atoms with Gasteiger partial charge in [-0.05, 0) is 35.2 Å². The second-order valence-electron chi connectivity index (χ2n) is 4.55. The van der Waals surface area contributed by atoms with E-state index < -0.39 is 0 Å². The Morgan fingerprint density at radius 3 is 2.65 bits per heavy atom. The maximum Gasteiger partial charge on any atom is 0.279 e. The molecule has 0 aliphatic rings. The highest BCUT2D eigenvalue weighted by Crippen LogP contribution is 2.11. The number of carbonyl (C=O) groups is 3. The van der Waals surface area contributed by atoms with E-state index in [2.05, 4.69) is 22.7 Å². The molecule has 2 aromatic rings. The van der Waals surface area contributed by atoms with Gasteiger partial charge < -0.3 is 5.32 Å². The number of amides is 3. The van der Waals surface area contributed by atoms with E-state index in [4.69, 9.17) is 0 Å². The molecule has 0 atom stereocenters. The summed E-state index contributed by atoms with van der Waals surface area (Å²) in [6, 6.07) is 10.3. The van der Waals surface area contributed by atoms with Crippen molar-refractivity contribution in [3.63, 3.8) is 0 Å². The minimum absolute atomic E-state index is 0.0719. The minimum atomic E-state index is -0.361. The van der Waals surface area contributed by atoms with Crippen molar-refractivity contribution in [2.45, 2.75) is 6.42 Å². The molecule has 118 valence electrons. The molecule has 0 spiro atoms. The summed E-state index contributed by atoms with van der Waals surface area (Å²) in [6.07, 6.45) is 1.24. The van der Waals surface area contributed by atoms with Gasteiger partial charge in [-0.2, -0.15) is 0 Å². The molecule has 0 radical (unpaired) electrons. The zero-order valence-electron chi connectivity index (χ0n) is 12.2. The summed E-state index contributed by atoms with van der Waals surface area (Å²) < 4.78 is 0. The lowest BCUT2D eigenvalue weighted by molar-refractivity contribution is -0.121. The number of carbonyl (C=O) groups excluding carboxylic acids is 3. The van der Waals surface area contributed by atoms with Crippen molar-refractivity contribution < 1.29 is 14.4 Å². The number of nitrogens with one attached hydrogen (secondary N) is 3. The fourth-order valence-electron chi connectivity index (χ4n) is 1.78. The molecule has 1 aromatic heterocycles. The van der Waals surface area contributed by atoms with Crippen molar-refractivity contribution in [3.05, 3.63) is 64.9 Å². The topological polar surface area (TPSA) is 87.3 Å². The van der Waals surface area contributed by atoms with Crippen molar-refractivity contribution in [3.8, 4) is 0 Å². The van der Waals surface area contributed by atoms with Gasteiger partial charge in [-0.1, -0.05) is 24.8 Å². The molecule has 23 heavy (non-hydrogen) atoms. The van der Waals surface area contributed by atoms with E-state index in [0.717, 1.165) is 0 Å². The van der Waals surface area contributed by atoms with Crippen LogP contribution in [0, 0.1) is 0 Å². The van der Waals surface area contributed by atoms with E-state index in [1.54, 1.807) is 41.8 Å². The molecule has 0 bridgehead atoms. The van der Waals surface area contributed by atoms with Crippen LogP contribution in [-0.4, -0.2) is 17.7 Å². The average molecular weight is 329 g/mol. The van der Waals surface area contributed by atoms with E-state index in [1.165, 1.54) is 17.4 Å². The first-order chi connectivity index (χ1) is 11.1. The van der Waals surface area contributed by atoms with Crippen LogP contribution in [0.4, 0.5) is 5.69 Å². The zero-order chi connectivity index (χ0) is 16.7. The Hall–Kier alpha value is -2.93. The number of hydrogen-bond donors (Lipinski definition) is 3. The molecule has 3 amide bonds. The van der Waals surface area contributed by atoms with Crippen molar-refractivity contribution in [1.82, 2.24) is 10.9 Å². The van der Waals surface area contributed by atoms with Crippen molar-refractivity contribution in [1.29, 1.82) is 0 Å². The third-order valence-corrected chi connectivity index (χ3v) is 3.67. The number of hydrogen-bond acceptors (Lipinski definition) is 4. The van der Waals surface area contributed by atoms with Gasteiger partial charge in [0.05, 0.1) is 11.3 Å². The Bertz CT molecular complexity index is 726. The highest BCUT2D eigenvalue weighted by atomic mass is 32.1. The minimum Gasteiger partial charge on any atom is -0.323 e. The van der Waals surface area contributed by atoms with E-state index in [9.17, 15) is 14.4 Å². The molecule has 1 heterocycles. The summed E-state index contributed by atoms with van der Waals surface area (Å²) in [4.78, 5) is 35.3. The van der Waals surface area contributed by atoms with Gasteiger partial charge in [0.2, 0.25) is 11.8 Å². The van der Waals surface area contributed by atoms with E-state index >= 15 is 0 Å². The smallest absolute Gasteiger partial charge is 0.279 e. The maximum atomic E-state index is 11.9. The molecule has 1 aromatic carbocycles. The van der Waals surface area contributed by atoms with E-state index in [0.29, 0.717) is 16.1 Å². The lowest BCUT2D eigenvalue weighted by atomic mass is 10.1. The monoisotopic (exact) mass is 329 g/mol. The molecule has 0 aliphatic carbocycles. The highest BCUT2D eigenvalue weighted by molar-refractivity contribution is 7.12. The normalized spacial score (nSPS) is 9.74. The fraction of sp³-hybridized carbons (Fsp3) is 0.0625. The number of rotatable bonds is 5. The van der Waals surface area contributed by atoms with Gasteiger partial charge in [-0.15, -0.1) is 11.3 Å². The molecular formula is C16H15N3O3S. The van der Waals surface area contributed by atoms with Crippen LogP contribution in [0.15, 0.2) is 54.4 Å². The summed E-state index contributed by atoms with van der Waals surface area (Å²) in [5.74, 6) is -1.04. The third kappa shape index (κ3) is 5.08. The maximum absolute atomic E-state index is 11.9. The van der Waals surface area contributed by atoms with Crippen LogP contribution < -0.4 is 16.2 Å². The molecule has 6 nitrogen and oxygen atoms in total. The second kappa shape index (κ2) is 7.90. The molecule has 0 saturated carbocycles. The predicted octanol–water partition coefficient (Wildman–Crippen LogP) is 1.88. The predicted molar refractivity (Wildman–Crippen MR) is 88.9 cm³/mol. The first-order valence-corrected chi connectivity index (χ1v) is 7.61. The summed E-state index contributed by atoms with van der Waals surface area (Å²) >= 11 is 1.28. The van der Waals surface area contributed by atoms with Gasteiger partial charge in [0, 0.05) is 5.69 Å². The van der Waals surface area contributed by atoms with E-state index in [1.807, 2.05) is 0 Å². The molecule has 0 fully saturated rings. The molecule has 3 N–H and O–H groups in total. The first-order valence-electron chi connectivity index (χ1n) is 6.73. The average Bonchev–Trinajstić information content (AvgIpc) is 3.07. The highest BCUT2D eigenvalue weighted by Gasteiger charge is 2.09. The van der Waals surface area contributed by atoms with Crippen molar-refractivity contribution >= 4 is 34.7 Å². The van der Waals surface area contributed by atoms with Gasteiger partial charge in [0.15, 0.2) is 0 Å². The van der Waals surface area contributed by atoms with Crippen molar-refractivity contribution in [2.75, 3.05) is 5.32 Å². The fourth-order valence-corrected chi connectivity index (χ4v) is 2.40. The third-order valence-electron chi connectivity index (χ3n) is 2.81. The Labute approximate surface area is 137 Å². The quantitative estimate of drug-likeness (QED) is 0.578. The second-order valence-corrected chi connectivity index (χ2v) is 5.50. The summed E-state index contributed by atoms with van der Waals surface area (Å²) in [5.41, 5.74) is 5.98. The molecule has 2 rings (SSSR count). The van der Waals surface area contributed by atoms with Crippen LogP contribution >= 0.6 is 11.3 Å². The summed E-state index contributed by atoms with van der Waals surface area (Å²) in [6.45, 7) is 3.37. The molecular weight excluding hydrogens is 314 g/mol. The van der Waals surface area contributed by atoms with Crippen LogP contribution in [0.25, 0.3) is 0 Å². The van der Waals surface area contributed by atoms with Crippen LogP contribution in [0.5, 0.6) is 0 Å². The summed E-state index contributed by atoms with van der Waals surface area (Å²) in [5, 5.41) is 4.39.